The molecule has 4 aromatic rings. The predicted molar refractivity (Wildman–Crippen MR) is 102 cm³/mol. The highest BCUT2D eigenvalue weighted by molar-refractivity contribution is 6.16. The number of carboxylic acid groups (broad SMARTS) is 1. The summed E-state index contributed by atoms with van der Waals surface area (Å²) in [6, 6.07) is 7.35. The average Bonchev–Trinajstić information content (AvgIpc) is 3.20. The summed E-state index contributed by atoms with van der Waals surface area (Å²) in [5.74, 6) is 0.903. The van der Waals surface area contributed by atoms with Crippen LogP contribution in [0.3, 0.4) is 0 Å². The Hall–Kier alpha value is -3.55. The molecule has 0 aliphatic carbocycles. The van der Waals surface area contributed by atoms with E-state index in [0.29, 0.717) is 11.2 Å². The summed E-state index contributed by atoms with van der Waals surface area (Å²) >= 11 is 0. The van der Waals surface area contributed by atoms with Gasteiger partial charge in [0.1, 0.15) is 5.82 Å². The molecule has 0 aliphatic rings. The number of aromatic nitrogens is 4. The van der Waals surface area contributed by atoms with E-state index in [4.69, 9.17) is 5.73 Å². The molecular weight excluding hydrogens is 332 g/mol. The second-order valence-electron chi connectivity index (χ2n) is 6.35. The molecule has 0 saturated heterocycles. The lowest BCUT2D eigenvalue weighted by molar-refractivity contribution is 0.197. The molecule has 3 aromatic heterocycles. The number of benzene rings is 1. The highest BCUT2D eigenvalue weighted by Crippen LogP contribution is 2.38. The van der Waals surface area contributed by atoms with Crippen molar-refractivity contribution in [3.05, 3.63) is 36.7 Å². The van der Waals surface area contributed by atoms with Crippen LogP contribution in [0.25, 0.3) is 33.1 Å². The molecule has 0 amide bonds. The fourth-order valence-corrected chi connectivity index (χ4v) is 3.40. The Bertz CT molecular complexity index is 1170. The topological polar surface area (TPSA) is 102 Å². The molecule has 8 heteroatoms. The van der Waals surface area contributed by atoms with Gasteiger partial charge in [0.25, 0.3) is 0 Å². The van der Waals surface area contributed by atoms with Gasteiger partial charge in [-0.2, -0.15) is 4.98 Å². The predicted octanol–water partition coefficient (Wildman–Crippen LogP) is 2.76. The van der Waals surface area contributed by atoms with Crippen LogP contribution in [0.2, 0.25) is 0 Å². The van der Waals surface area contributed by atoms with Crippen LogP contribution < -0.4 is 10.6 Å². The maximum Gasteiger partial charge on any atom is 0.416 e. The molecule has 0 bridgehead atoms. The van der Waals surface area contributed by atoms with Crippen LogP contribution in [0.1, 0.15) is 0 Å². The lowest BCUT2D eigenvalue weighted by Gasteiger charge is -2.17. The summed E-state index contributed by atoms with van der Waals surface area (Å²) in [5.41, 5.74) is 8.84. The Morgan fingerprint density at radius 2 is 2.00 bits per heavy atom. The molecule has 26 heavy (non-hydrogen) atoms. The number of anilines is 2. The number of nitrogens with zero attached hydrogens (tertiary/aromatic N) is 5. The smallest absolute Gasteiger partial charge is 0.416 e. The number of aryl methyl sites for hydroxylation is 1. The van der Waals surface area contributed by atoms with Crippen molar-refractivity contribution >= 4 is 39.7 Å². The molecule has 0 unspecified atom stereocenters. The fraction of sp³-hybridized carbons (Fsp3) is 0.167. The van der Waals surface area contributed by atoms with E-state index in [2.05, 4.69) is 9.97 Å². The number of carbonyl (C=O) groups is 1. The van der Waals surface area contributed by atoms with Gasteiger partial charge in [0, 0.05) is 44.5 Å². The van der Waals surface area contributed by atoms with E-state index >= 15 is 0 Å². The summed E-state index contributed by atoms with van der Waals surface area (Å²) in [5, 5.41) is 11.3. The normalized spacial score (nSPS) is 11.3. The van der Waals surface area contributed by atoms with Crippen molar-refractivity contribution in [3.8, 4) is 11.3 Å². The summed E-state index contributed by atoms with van der Waals surface area (Å²) < 4.78 is 3.17. The Morgan fingerprint density at radius 3 is 2.69 bits per heavy atom. The van der Waals surface area contributed by atoms with E-state index in [0.717, 1.165) is 27.7 Å². The van der Waals surface area contributed by atoms with Gasteiger partial charge in [-0.25, -0.2) is 9.78 Å². The summed E-state index contributed by atoms with van der Waals surface area (Å²) in [6.45, 7) is 0. The zero-order chi connectivity index (χ0) is 18.6. The second kappa shape index (κ2) is 5.48. The summed E-state index contributed by atoms with van der Waals surface area (Å²) in [7, 11) is 5.73. The number of nitrogen functional groups attached to an aromatic ring is 1. The van der Waals surface area contributed by atoms with Crippen LogP contribution >= 0.6 is 0 Å². The minimum Gasteiger partial charge on any atom is -0.464 e. The second-order valence-corrected chi connectivity index (χ2v) is 6.35. The van der Waals surface area contributed by atoms with Gasteiger partial charge in [-0.15, -0.1) is 0 Å². The Balaban J connectivity index is 2.20. The van der Waals surface area contributed by atoms with Crippen molar-refractivity contribution in [1.29, 1.82) is 0 Å². The van der Waals surface area contributed by atoms with Crippen molar-refractivity contribution in [2.75, 3.05) is 24.7 Å². The lowest BCUT2D eigenvalue weighted by Crippen LogP contribution is -2.13. The van der Waals surface area contributed by atoms with Crippen LogP contribution in [0, 0.1) is 0 Å². The van der Waals surface area contributed by atoms with Gasteiger partial charge in [-0.05, 0) is 24.3 Å². The Morgan fingerprint density at radius 1 is 1.23 bits per heavy atom. The van der Waals surface area contributed by atoms with Crippen molar-refractivity contribution in [2.24, 2.45) is 7.05 Å². The van der Waals surface area contributed by atoms with E-state index in [1.54, 1.807) is 12.1 Å². The molecular formula is C18H18N6O2. The van der Waals surface area contributed by atoms with E-state index < -0.39 is 6.09 Å². The number of hydrogen-bond acceptors (Lipinski definition) is 5. The van der Waals surface area contributed by atoms with E-state index in [9.17, 15) is 9.90 Å². The van der Waals surface area contributed by atoms with Gasteiger partial charge < -0.3 is 20.3 Å². The van der Waals surface area contributed by atoms with Gasteiger partial charge in [0.2, 0.25) is 5.95 Å². The average molecular weight is 350 g/mol. The van der Waals surface area contributed by atoms with Crippen molar-refractivity contribution < 1.29 is 9.90 Å². The lowest BCUT2D eigenvalue weighted by atomic mass is 10.0. The van der Waals surface area contributed by atoms with Gasteiger partial charge in [0.05, 0.1) is 22.1 Å². The Labute approximate surface area is 149 Å². The first kappa shape index (κ1) is 15.9. The summed E-state index contributed by atoms with van der Waals surface area (Å²) in [4.78, 5) is 22.3. The SMILES string of the molecule is CN(C)c1nc(N)nc2cc(-c3cccn3C(=O)O)c3c(ccn3C)c12. The molecule has 1 aromatic carbocycles. The molecule has 8 nitrogen and oxygen atoms in total. The van der Waals surface area contributed by atoms with E-state index in [-0.39, 0.29) is 5.95 Å². The van der Waals surface area contributed by atoms with Crippen LogP contribution in [0.4, 0.5) is 16.6 Å². The first-order chi connectivity index (χ1) is 12.4. The minimum atomic E-state index is -1.04. The molecule has 0 saturated carbocycles. The molecule has 0 radical (unpaired) electrons. The molecule has 3 N–H and O–H groups in total. The van der Waals surface area contributed by atoms with E-state index in [1.165, 1.54) is 10.8 Å². The third-order valence-electron chi connectivity index (χ3n) is 4.47. The first-order valence-corrected chi connectivity index (χ1v) is 8.02. The van der Waals surface area contributed by atoms with Gasteiger partial charge in [-0.1, -0.05) is 0 Å². The molecule has 132 valence electrons. The third kappa shape index (κ3) is 2.19. The molecule has 4 rings (SSSR count). The molecule has 0 fully saturated rings. The van der Waals surface area contributed by atoms with Gasteiger partial charge >= 0.3 is 6.09 Å². The number of rotatable bonds is 2. The largest absolute Gasteiger partial charge is 0.464 e. The quantitative estimate of drug-likeness (QED) is 0.576. The Kier molecular flexibility index (Phi) is 3.36. The zero-order valence-corrected chi connectivity index (χ0v) is 14.6. The molecule has 3 heterocycles. The molecule has 0 atom stereocenters. The molecule has 0 spiro atoms. The third-order valence-corrected chi connectivity index (χ3v) is 4.47. The van der Waals surface area contributed by atoms with E-state index in [1.807, 2.05) is 48.9 Å². The van der Waals surface area contributed by atoms with Crippen molar-refractivity contribution in [3.63, 3.8) is 0 Å². The highest BCUT2D eigenvalue weighted by atomic mass is 16.4. The van der Waals surface area contributed by atoms with Crippen LogP contribution in [-0.2, 0) is 7.05 Å². The zero-order valence-electron chi connectivity index (χ0n) is 14.6. The standard InChI is InChI=1S/C18H18N6O2/c1-22(2)16-14-10-6-8-23(3)15(10)11(9-12(14)20-17(19)21-16)13-5-4-7-24(13)18(25)26/h4-9H,1-3H3,(H,25,26)(H2,19,20,21). The van der Waals surface area contributed by atoms with Crippen LogP contribution in [0.5, 0.6) is 0 Å². The van der Waals surface area contributed by atoms with Crippen LogP contribution in [-0.4, -0.2) is 44.4 Å². The number of hydrogen-bond donors (Lipinski definition) is 2. The molecule has 0 aliphatic heterocycles. The van der Waals surface area contributed by atoms with Gasteiger partial charge in [-0.3, -0.25) is 4.57 Å². The van der Waals surface area contributed by atoms with Crippen molar-refractivity contribution in [1.82, 2.24) is 19.1 Å². The monoisotopic (exact) mass is 350 g/mol. The number of fused-ring (bicyclic) bond motifs is 3. The maximum atomic E-state index is 11.6. The highest BCUT2D eigenvalue weighted by Gasteiger charge is 2.20. The van der Waals surface area contributed by atoms with Crippen molar-refractivity contribution in [2.45, 2.75) is 0 Å². The maximum absolute atomic E-state index is 11.6. The van der Waals surface area contributed by atoms with Gasteiger partial charge in [0.15, 0.2) is 0 Å². The van der Waals surface area contributed by atoms with Crippen LogP contribution in [0.15, 0.2) is 36.7 Å². The summed E-state index contributed by atoms with van der Waals surface area (Å²) in [6.07, 6.45) is 2.43. The fourth-order valence-electron chi connectivity index (χ4n) is 3.40. The minimum absolute atomic E-state index is 0.177. The first-order valence-electron chi connectivity index (χ1n) is 8.02. The number of nitrogens with two attached hydrogens (primary N) is 1.